The van der Waals surface area contributed by atoms with E-state index in [1.807, 2.05) is 12.1 Å². The van der Waals surface area contributed by atoms with Crippen LogP contribution in [-0.2, 0) is 13.0 Å². The monoisotopic (exact) mass is 396 g/mol. The number of aryl methyl sites for hydroxylation is 1. The summed E-state index contributed by atoms with van der Waals surface area (Å²) in [6, 6.07) is 5.59. The second-order valence-electron chi connectivity index (χ2n) is 8.01. The quantitative estimate of drug-likeness (QED) is 0.519. The molecule has 1 aliphatic rings. The van der Waals surface area contributed by atoms with E-state index < -0.39 is 0 Å². The Morgan fingerprint density at radius 2 is 2.14 bits per heavy atom. The van der Waals surface area contributed by atoms with Crippen LogP contribution in [0.3, 0.4) is 0 Å². The fraction of sp³-hybridized carbons (Fsp3) is 0.500. The van der Waals surface area contributed by atoms with Crippen molar-refractivity contribution in [2.75, 3.05) is 17.6 Å². The third kappa shape index (κ3) is 4.49. The molecule has 3 N–H and O–H groups in total. The number of nitrogens with two attached hydrogens (primary N) is 1. The first-order valence-electron chi connectivity index (χ1n) is 10.6. The van der Waals surface area contributed by atoms with Crippen molar-refractivity contribution in [2.24, 2.45) is 5.92 Å². The molecule has 154 valence electrons. The van der Waals surface area contributed by atoms with Crippen molar-refractivity contribution in [3.05, 3.63) is 41.3 Å². The lowest BCUT2D eigenvalue weighted by atomic mass is 9.81. The number of nitrogens with one attached hydrogen (secondary N) is 1. The number of anilines is 2. The van der Waals surface area contributed by atoms with Crippen LogP contribution in [0.1, 0.15) is 56.6 Å². The molecule has 0 saturated heterocycles. The summed E-state index contributed by atoms with van der Waals surface area (Å²) in [5, 5.41) is 7.73. The average molecular weight is 397 g/mol. The van der Waals surface area contributed by atoms with Crippen LogP contribution in [0.2, 0.25) is 0 Å². The van der Waals surface area contributed by atoms with Crippen LogP contribution < -0.4 is 11.1 Å². The van der Waals surface area contributed by atoms with E-state index >= 15 is 0 Å². The first-order valence-corrected chi connectivity index (χ1v) is 10.6. The highest BCUT2D eigenvalue weighted by Gasteiger charge is 2.18. The van der Waals surface area contributed by atoms with Crippen LogP contribution in [-0.4, -0.2) is 26.3 Å². The third-order valence-corrected chi connectivity index (χ3v) is 5.83. The Morgan fingerprint density at radius 3 is 2.86 bits per heavy atom. The Bertz CT molecular complexity index is 979. The molecule has 1 aromatic carbocycles. The van der Waals surface area contributed by atoms with Crippen molar-refractivity contribution in [3.63, 3.8) is 0 Å². The number of nitrogen functional groups attached to an aromatic ring is 1. The van der Waals surface area contributed by atoms with E-state index in [2.05, 4.69) is 27.3 Å². The molecular weight excluding hydrogens is 367 g/mol. The molecule has 0 bridgehead atoms. The first kappa shape index (κ1) is 19.6. The number of halogens is 1. The van der Waals surface area contributed by atoms with Gasteiger partial charge >= 0.3 is 0 Å². The Hall–Kier alpha value is -2.70. The zero-order chi connectivity index (χ0) is 20.2. The lowest BCUT2D eigenvalue weighted by Crippen LogP contribution is -2.12. The largest absolute Gasteiger partial charge is 0.368 e. The molecule has 29 heavy (non-hydrogen) atoms. The van der Waals surface area contributed by atoms with Gasteiger partial charge in [0, 0.05) is 12.1 Å². The predicted molar refractivity (Wildman–Crippen MR) is 114 cm³/mol. The summed E-state index contributed by atoms with van der Waals surface area (Å²) in [4.78, 5) is 8.61. The van der Waals surface area contributed by atoms with Gasteiger partial charge in [0.05, 0.1) is 12.7 Å². The zero-order valence-electron chi connectivity index (χ0n) is 17.0. The number of hydrogen-bond acceptors (Lipinski definition) is 5. The minimum atomic E-state index is -0.184. The molecule has 0 spiro atoms. The van der Waals surface area contributed by atoms with Crippen LogP contribution in [0.25, 0.3) is 11.0 Å². The molecule has 6 nitrogen and oxygen atoms in total. The van der Waals surface area contributed by atoms with Gasteiger partial charge in [0.25, 0.3) is 0 Å². The topological polar surface area (TPSA) is 81.7 Å². The predicted octanol–water partition coefficient (Wildman–Crippen LogP) is 4.54. The van der Waals surface area contributed by atoms with Crippen LogP contribution in [0.4, 0.5) is 16.2 Å². The Labute approximate surface area is 170 Å². The molecule has 0 amide bonds. The smallest absolute Gasteiger partial charge is 0.222 e. The van der Waals surface area contributed by atoms with Gasteiger partial charge in [0.1, 0.15) is 16.9 Å². The van der Waals surface area contributed by atoms with E-state index in [-0.39, 0.29) is 11.8 Å². The summed E-state index contributed by atoms with van der Waals surface area (Å²) in [5.74, 6) is 1.50. The second kappa shape index (κ2) is 8.76. The van der Waals surface area contributed by atoms with E-state index in [1.54, 1.807) is 16.9 Å². The van der Waals surface area contributed by atoms with Crippen LogP contribution in [0, 0.1) is 11.7 Å². The Kier molecular flexibility index (Phi) is 5.92. The minimum Gasteiger partial charge on any atom is -0.368 e. The number of unbranched alkanes of at least 4 members (excludes halogenated alkanes) is 1. The van der Waals surface area contributed by atoms with E-state index in [9.17, 15) is 4.39 Å². The molecule has 0 aliphatic heterocycles. The lowest BCUT2D eigenvalue weighted by Gasteiger charge is -2.25. The highest BCUT2D eigenvalue weighted by molar-refractivity contribution is 5.86. The summed E-state index contributed by atoms with van der Waals surface area (Å²) in [6.45, 7) is 3.25. The van der Waals surface area contributed by atoms with Gasteiger partial charge in [-0.25, -0.2) is 9.37 Å². The van der Waals surface area contributed by atoms with E-state index in [0.717, 1.165) is 49.2 Å². The number of hydrogen-bond donors (Lipinski definition) is 2. The third-order valence-electron chi connectivity index (χ3n) is 5.83. The van der Waals surface area contributed by atoms with Crippen molar-refractivity contribution < 1.29 is 4.39 Å². The van der Waals surface area contributed by atoms with Crippen LogP contribution >= 0.6 is 0 Å². The van der Waals surface area contributed by atoms with Gasteiger partial charge in [0.15, 0.2) is 5.82 Å². The van der Waals surface area contributed by atoms with Crippen LogP contribution in [0.5, 0.6) is 0 Å². The molecule has 2 heterocycles. The molecule has 2 aromatic heterocycles. The van der Waals surface area contributed by atoms with Gasteiger partial charge in [-0.15, -0.1) is 0 Å². The highest BCUT2D eigenvalue weighted by atomic mass is 19.1. The maximum atomic E-state index is 14.8. The molecule has 4 rings (SSSR count). The summed E-state index contributed by atoms with van der Waals surface area (Å²) in [6.07, 6.45) is 9.87. The average Bonchev–Trinajstić information content (AvgIpc) is 3.05. The van der Waals surface area contributed by atoms with Gasteiger partial charge in [-0.2, -0.15) is 10.1 Å². The fourth-order valence-corrected chi connectivity index (χ4v) is 3.83. The SMILES string of the molecule is CCCCNc1nc(N)nc2cnn(Cc3ccc(CCC4CCC4)cc3F)c12. The highest BCUT2D eigenvalue weighted by Crippen LogP contribution is 2.30. The van der Waals surface area contributed by atoms with Gasteiger partial charge in [-0.3, -0.25) is 4.68 Å². The maximum Gasteiger partial charge on any atom is 0.222 e. The van der Waals surface area contributed by atoms with Crippen molar-refractivity contribution in [1.29, 1.82) is 0 Å². The summed E-state index contributed by atoms with van der Waals surface area (Å²) in [7, 11) is 0. The molecule has 1 saturated carbocycles. The Balaban J connectivity index is 1.53. The molecule has 0 atom stereocenters. The molecular formula is C22H29FN6. The number of benzene rings is 1. The number of fused-ring (bicyclic) bond motifs is 1. The molecule has 1 aliphatic carbocycles. The van der Waals surface area contributed by atoms with Gasteiger partial charge in [-0.05, 0) is 36.8 Å². The number of aromatic nitrogens is 4. The lowest BCUT2D eigenvalue weighted by molar-refractivity contribution is 0.296. The van der Waals surface area contributed by atoms with Crippen LogP contribution in [0.15, 0.2) is 24.4 Å². The first-order chi connectivity index (χ1) is 14.1. The molecule has 7 heteroatoms. The number of rotatable bonds is 9. The molecule has 1 fully saturated rings. The van der Waals surface area contributed by atoms with Gasteiger partial charge in [-0.1, -0.05) is 44.7 Å². The van der Waals surface area contributed by atoms with Crippen molar-refractivity contribution in [3.8, 4) is 0 Å². The normalized spacial score (nSPS) is 14.3. The summed E-state index contributed by atoms with van der Waals surface area (Å²) >= 11 is 0. The molecule has 0 unspecified atom stereocenters. The molecule has 3 aromatic rings. The van der Waals surface area contributed by atoms with Crippen molar-refractivity contribution in [2.45, 2.75) is 58.4 Å². The summed E-state index contributed by atoms with van der Waals surface area (Å²) in [5.41, 5.74) is 8.93. The van der Waals surface area contributed by atoms with E-state index in [1.165, 1.54) is 19.3 Å². The standard InChI is InChI=1S/C22H29FN6/c1-2-3-11-25-21-20-19(27-22(24)28-21)13-26-29(20)14-17-10-9-16(12-18(17)23)8-7-15-5-4-6-15/h9-10,12-13,15H,2-8,11,14H2,1H3,(H3,24,25,27,28). The zero-order valence-corrected chi connectivity index (χ0v) is 17.0. The second-order valence-corrected chi connectivity index (χ2v) is 8.01. The Morgan fingerprint density at radius 1 is 1.28 bits per heavy atom. The van der Waals surface area contributed by atoms with Crippen molar-refractivity contribution >= 4 is 22.8 Å². The number of nitrogens with zero attached hydrogens (tertiary/aromatic N) is 4. The molecule has 0 radical (unpaired) electrons. The van der Waals surface area contributed by atoms with Gasteiger partial charge < -0.3 is 11.1 Å². The van der Waals surface area contributed by atoms with Gasteiger partial charge in [0.2, 0.25) is 5.95 Å². The minimum absolute atomic E-state index is 0.184. The van der Waals surface area contributed by atoms with Crippen molar-refractivity contribution in [1.82, 2.24) is 19.7 Å². The fourth-order valence-electron chi connectivity index (χ4n) is 3.83. The maximum absolute atomic E-state index is 14.8. The summed E-state index contributed by atoms with van der Waals surface area (Å²) < 4.78 is 16.5. The van der Waals surface area contributed by atoms with E-state index in [4.69, 9.17) is 5.73 Å². The van der Waals surface area contributed by atoms with E-state index in [0.29, 0.717) is 23.4 Å².